The molecule has 0 N–H and O–H groups in total. The Bertz CT molecular complexity index is 170. The molecule has 0 aromatic heterocycles. The third kappa shape index (κ3) is 2.69. The van der Waals surface area contributed by atoms with Gasteiger partial charge in [-0.15, -0.1) is 0 Å². The van der Waals surface area contributed by atoms with Crippen LogP contribution in [-0.2, 0) is 0 Å². The Morgan fingerprint density at radius 1 is 1.42 bits per heavy atom. The van der Waals surface area contributed by atoms with E-state index in [4.69, 9.17) is 5.26 Å². The zero-order chi connectivity index (χ0) is 8.86. The Balaban J connectivity index is 2.42. The van der Waals surface area contributed by atoms with E-state index < -0.39 is 0 Å². The van der Waals surface area contributed by atoms with E-state index >= 15 is 0 Å². The van der Waals surface area contributed by atoms with E-state index in [9.17, 15) is 0 Å². The van der Waals surface area contributed by atoms with Crippen molar-refractivity contribution in [1.29, 1.82) is 5.26 Å². The molecular formula is C9H17NSSe. The van der Waals surface area contributed by atoms with Crippen LogP contribution in [0.1, 0.15) is 32.6 Å². The van der Waals surface area contributed by atoms with E-state index in [2.05, 4.69) is 11.9 Å². The first-order valence-electron chi connectivity index (χ1n) is 4.67. The first kappa shape index (κ1) is 10.4. The topological polar surface area (TPSA) is 23.8 Å². The van der Waals surface area contributed by atoms with Gasteiger partial charge in [-0.05, 0) is 0 Å². The van der Waals surface area contributed by atoms with Gasteiger partial charge in [0.15, 0.2) is 0 Å². The number of rotatable bonds is 4. The molecule has 1 aliphatic heterocycles. The molecule has 1 aliphatic rings. The maximum atomic E-state index is 8.79. The molecule has 3 heteroatoms. The third-order valence-electron chi connectivity index (χ3n) is 2.37. The van der Waals surface area contributed by atoms with Gasteiger partial charge in [0.1, 0.15) is 0 Å². The van der Waals surface area contributed by atoms with E-state index in [0.29, 0.717) is 13.8 Å². The average Bonchev–Trinajstić information content (AvgIpc) is 2.51. The molecule has 0 aliphatic carbocycles. The van der Waals surface area contributed by atoms with Crippen LogP contribution < -0.4 is 0 Å². The fourth-order valence-electron chi connectivity index (χ4n) is 1.65. The quantitative estimate of drug-likeness (QED) is 0.703. The Morgan fingerprint density at radius 3 is 2.58 bits per heavy atom. The molecule has 0 radical (unpaired) electrons. The van der Waals surface area contributed by atoms with Crippen molar-refractivity contribution in [2.24, 2.45) is 0 Å². The van der Waals surface area contributed by atoms with E-state index in [1.165, 1.54) is 42.9 Å². The molecule has 0 aromatic rings. The van der Waals surface area contributed by atoms with Gasteiger partial charge in [-0.25, -0.2) is 0 Å². The predicted octanol–water partition coefficient (Wildman–Crippen LogP) is 2.49. The van der Waals surface area contributed by atoms with Crippen molar-refractivity contribution in [1.82, 2.24) is 0 Å². The van der Waals surface area contributed by atoms with Crippen molar-refractivity contribution in [3.63, 3.8) is 0 Å². The summed E-state index contributed by atoms with van der Waals surface area (Å²) in [5, 5.41) is 8.79. The first-order chi connectivity index (χ1) is 5.83. The number of hydrogen-bond acceptors (Lipinski definition) is 1. The molecule has 1 nitrogen and oxygen atoms in total. The van der Waals surface area contributed by atoms with Crippen molar-refractivity contribution in [3.8, 4) is 4.97 Å². The fraction of sp³-hybridized carbons (Fsp3) is 0.889. The van der Waals surface area contributed by atoms with Gasteiger partial charge in [-0.1, -0.05) is 0 Å². The van der Waals surface area contributed by atoms with Crippen molar-refractivity contribution in [3.05, 3.63) is 0 Å². The minimum atomic E-state index is -0.372. The van der Waals surface area contributed by atoms with Gasteiger partial charge >= 0.3 is 82.4 Å². The van der Waals surface area contributed by atoms with Gasteiger partial charge in [0.25, 0.3) is 0 Å². The zero-order valence-electron chi connectivity index (χ0n) is 7.71. The number of nitriles is 1. The third-order valence-corrected chi connectivity index (χ3v) is 11.7. The number of hydrogen-bond donors (Lipinski definition) is 0. The van der Waals surface area contributed by atoms with Gasteiger partial charge < -0.3 is 0 Å². The molecule has 0 spiro atoms. The summed E-state index contributed by atoms with van der Waals surface area (Å²) in [5.74, 6) is 4.23. The summed E-state index contributed by atoms with van der Waals surface area (Å²) < 4.78 is 0. The van der Waals surface area contributed by atoms with Gasteiger partial charge in [0.2, 0.25) is 0 Å². The number of unbranched alkanes of at least 4 members (excludes halogenated alkanes) is 1. The molecular weight excluding hydrogens is 233 g/mol. The molecule has 1 rings (SSSR count). The molecule has 1 heterocycles. The van der Waals surface area contributed by atoms with Crippen molar-refractivity contribution in [2.45, 2.75) is 32.6 Å². The summed E-state index contributed by atoms with van der Waals surface area (Å²) in [6.07, 6.45) is 5.47. The molecule has 0 aromatic carbocycles. The van der Waals surface area contributed by atoms with Crippen LogP contribution in [0.15, 0.2) is 0 Å². The molecule has 0 atom stereocenters. The predicted molar refractivity (Wildman–Crippen MR) is 57.7 cm³/mol. The Hall–Kier alpha value is 0.359. The summed E-state index contributed by atoms with van der Waals surface area (Å²) in [5.41, 5.74) is 0. The SMILES string of the molecule is CCCCS1([Se]C#N)CCCC1. The Morgan fingerprint density at radius 2 is 2.08 bits per heavy atom. The van der Waals surface area contributed by atoms with Crippen molar-refractivity contribution in [2.75, 3.05) is 17.3 Å². The van der Waals surface area contributed by atoms with Crippen LogP contribution in [0.5, 0.6) is 0 Å². The standard InChI is InChI=1S/C9H17NSSe/c1-2-3-6-11(12-9-10)7-4-5-8-11/h2-8H2,1H3. The van der Waals surface area contributed by atoms with E-state index in [-0.39, 0.29) is 8.45 Å². The van der Waals surface area contributed by atoms with E-state index in [0.717, 1.165) is 0 Å². The van der Waals surface area contributed by atoms with Crippen LogP contribution in [0, 0.1) is 10.2 Å². The summed E-state index contributed by atoms with van der Waals surface area (Å²) in [4.78, 5) is 2.46. The van der Waals surface area contributed by atoms with Gasteiger partial charge in [-0.3, -0.25) is 0 Å². The minimum absolute atomic E-state index is 0.332. The van der Waals surface area contributed by atoms with Crippen LogP contribution in [-0.4, -0.2) is 31.1 Å². The summed E-state index contributed by atoms with van der Waals surface area (Å²) >= 11 is 0.332. The van der Waals surface area contributed by atoms with Crippen LogP contribution in [0.25, 0.3) is 0 Å². The van der Waals surface area contributed by atoms with E-state index in [1.54, 1.807) is 0 Å². The van der Waals surface area contributed by atoms with Crippen LogP contribution in [0.2, 0.25) is 0 Å². The van der Waals surface area contributed by atoms with Gasteiger partial charge in [-0.2, -0.15) is 0 Å². The maximum absolute atomic E-state index is 8.79. The van der Waals surface area contributed by atoms with Gasteiger partial charge in [0, 0.05) is 0 Å². The second-order valence-corrected chi connectivity index (χ2v) is 12.5. The molecule has 0 amide bonds. The van der Waals surface area contributed by atoms with Crippen molar-refractivity contribution >= 4 is 22.3 Å². The van der Waals surface area contributed by atoms with Crippen LogP contribution in [0.3, 0.4) is 0 Å². The molecule has 12 heavy (non-hydrogen) atoms. The zero-order valence-corrected chi connectivity index (χ0v) is 10.2. The molecule has 0 saturated carbocycles. The Labute approximate surface area is 82.5 Å². The molecule has 1 saturated heterocycles. The molecule has 0 unspecified atom stereocenters. The second-order valence-electron chi connectivity index (χ2n) is 3.31. The second kappa shape index (κ2) is 5.17. The van der Waals surface area contributed by atoms with Crippen molar-refractivity contribution < 1.29 is 0 Å². The number of nitrogens with zero attached hydrogens (tertiary/aromatic N) is 1. The average molecular weight is 250 g/mol. The fourth-order valence-corrected chi connectivity index (χ4v) is 9.74. The van der Waals surface area contributed by atoms with Crippen LogP contribution >= 0.6 is 8.45 Å². The summed E-state index contributed by atoms with van der Waals surface area (Å²) in [6, 6.07) is 0. The normalized spacial score (nSPS) is 23.3. The molecule has 1 fully saturated rings. The molecule has 0 bridgehead atoms. The van der Waals surface area contributed by atoms with E-state index in [1.807, 2.05) is 0 Å². The summed E-state index contributed by atoms with van der Waals surface area (Å²) in [6.45, 7) is 2.25. The summed E-state index contributed by atoms with van der Waals surface area (Å²) in [7, 11) is -0.372. The first-order valence-corrected chi connectivity index (χ1v) is 9.69. The molecule has 70 valence electrons. The Kier molecular flexibility index (Phi) is 4.50. The van der Waals surface area contributed by atoms with Gasteiger partial charge in [0.05, 0.1) is 0 Å². The van der Waals surface area contributed by atoms with Crippen LogP contribution in [0.4, 0.5) is 0 Å². The monoisotopic (exact) mass is 251 g/mol.